The Kier molecular flexibility index (Phi) is 7.92. The number of aromatic nitrogens is 2. The zero-order chi connectivity index (χ0) is 29.1. The van der Waals surface area contributed by atoms with Crippen LogP contribution in [0.4, 0.5) is 0 Å². The molecule has 0 saturated heterocycles. The van der Waals surface area contributed by atoms with Gasteiger partial charge in [-0.3, -0.25) is 0 Å². The Balaban J connectivity index is 1.86. The van der Waals surface area contributed by atoms with Crippen molar-refractivity contribution in [3.63, 3.8) is 0 Å². The van der Waals surface area contributed by atoms with Crippen LogP contribution in [0.1, 0.15) is 33.5 Å². The van der Waals surface area contributed by atoms with Gasteiger partial charge < -0.3 is 18.9 Å². The molecule has 0 aliphatic heterocycles. The van der Waals surface area contributed by atoms with Gasteiger partial charge in [0.05, 0.1) is 45.2 Å². The number of nitrogens with zero attached hydrogens (tertiary/aromatic N) is 2. The Morgan fingerprint density at radius 1 is 0.610 bits per heavy atom. The summed E-state index contributed by atoms with van der Waals surface area (Å²) in [5, 5.41) is 0. The average molecular weight is 547 g/mol. The molecular formula is C35H34N2O4. The number of benzene rings is 4. The van der Waals surface area contributed by atoms with Crippen LogP contribution in [-0.4, -0.2) is 38.4 Å². The van der Waals surface area contributed by atoms with Crippen LogP contribution in [-0.2, 0) is 0 Å². The SMILES string of the molecule is COc1ccc(/C(=C\c2nc3ccccc3nc2-c2ccc(OC)c(C)c2OC)c2ccc(C)cc2)c(OC)c1C. The molecule has 0 bridgehead atoms. The first-order chi connectivity index (χ1) is 19.9. The number of rotatable bonds is 8. The minimum absolute atomic E-state index is 0.693. The molecule has 0 atom stereocenters. The first-order valence-electron chi connectivity index (χ1n) is 13.4. The third kappa shape index (κ3) is 5.21. The summed E-state index contributed by atoms with van der Waals surface area (Å²) in [4.78, 5) is 10.2. The molecule has 0 aliphatic carbocycles. The second-order valence-corrected chi connectivity index (χ2v) is 9.82. The fourth-order valence-electron chi connectivity index (χ4n) is 5.21. The molecule has 0 amide bonds. The van der Waals surface area contributed by atoms with E-state index in [1.165, 1.54) is 5.56 Å². The van der Waals surface area contributed by atoms with Crippen LogP contribution in [0.25, 0.3) is 33.9 Å². The van der Waals surface area contributed by atoms with Crippen molar-refractivity contribution in [1.82, 2.24) is 9.97 Å². The Morgan fingerprint density at radius 3 is 1.80 bits per heavy atom. The maximum atomic E-state index is 5.95. The van der Waals surface area contributed by atoms with E-state index in [0.29, 0.717) is 17.1 Å². The molecule has 0 N–H and O–H groups in total. The smallest absolute Gasteiger partial charge is 0.134 e. The van der Waals surface area contributed by atoms with E-state index >= 15 is 0 Å². The summed E-state index contributed by atoms with van der Waals surface area (Å²) in [6, 6.07) is 24.2. The molecule has 1 aromatic heterocycles. The van der Waals surface area contributed by atoms with Crippen LogP contribution in [0.3, 0.4) is 0 Å². The van der Waals surface area contributed by atoms with E-state index in [1.54, 1.807) is 28.4 Å². The molecule has 0 aliphatic rings. The zero-order valence-electron chi connectivity index (χ0n) is 24.5. The molecule has 6 heteroatoms. The summed E-state index contributed by atoms with van der Waals surface area (Å²) >= 11 is 0. The van der Waals surface area contributed by atoms with Crippen molar-refractivity contribution < 1.29 is 18.9 Å². The van der Waals surface area contributed by atoms with Crippen LogP contribution in [0.5, 0.6) is 23.0 Å². The molecule has 5 rings (SSSR count). The van der Waals surface area contributed by atoms with E-state index < -0.39 is 0 Å². The average Bonchev–Trinajstić information content (AvgIpc) is 2.99. The van der Waals surface area contributed by atoms with Crippen LogP contribution in [0, 0.1) is 20.8 Å². The van der Waals surface area contributed by atoms with Crippen molar-refractivity contribution in [2.24, 2.45) is 0 Å². The lowest BCUT2D eigenvalue weighted by Gasteiger charge is -2.19. The van der Waals surface area contributed by atoms with Gasteiger partial charge in [0.15, 0.2) is 0 Å². The lowest BCUT2D eigenvalue weighted by Crippen LogP contribution is -2.02. The largest absolute Gasteiger partial charge is 0.496 e. The topological polar surface area (TPSA) is 62.7 Å². The van der Waals surface area contributed by atoms with Gasteiger partial charge in [-0.05, 0) is 74.4 Å². The molecule has 4 aromatic carbocycles. The Bertz CT molecular complexity index is 1760. The van der Waals surface area contributed by atoms with Crippen LogP contribution in [0.15, 0.2) is 72.8 Å². The Hall–Kier alpha value is -4.84. The third-order valence-electron chi connectivity index (χ3n) is 7.35. The molecule has 0 radical (unpaired) electrons. The van der Waals surface area contributed by atoms with Gasteiger partial charge in [0.2, 0.25) is 0 Å². The number of hydrogen-bond donors (Lipinski definition) is 0. The summed E-state index contributed by atoms with van der Waals surface area (Å²) in [6.45, 7) is 6.06. The van der Waals surface area contributed by atoms with Gasteiger partial charge in [-0.15, -0.1) is 0 Å². The highest BCUT2D eigenvalue weighted by Crippen LogP contribution is 2.42. The van der Waals surface area contributed by atoms with E-state index in [-0.39, 0.29) is 0 Å². The van der Waals surface area contributed by atoms with E-state index in [9.17, 15) is 0 Å². The first kappa shape index (κ1) is 27.7. The molecule has 0 unspecified atom stereocenters. The quantitative estimate of drug-likeness (QED) is 0.198. The van der Waals surface area contributed by atoms with Crippen LogP contribution >= 0.6 is 0 Å². The van der Waals surface area contributed by atoms with Crippen molar-refractivity contribution in [3.8, 4) is 34.3 Å². The second kappa shape index (κ2) is 11.7. The monoisotopic (exact) mass is 546 g/mol. The summed E-state index contributed by atoms with van der Waals surface area (Å²) in [7, 11) is 6.67. The lowest BCUT2D eigenvalue weighted by atomic mass is 9.92. The fourth-order valence-corrected chi connectivity index (χ4v) is 5.21. The van der Waals surface area contributed by atoms with Crippen LogP contribution < -0.4 is 18.9 Å². The highest BCUT2D eigenvalue weighted by Gasteiger charge is 2.21. The molecule has 208 valence electrons. The minimum atomic E-state index is 0.693. The summed E-state index contributed by atoms with van der Waals surface area (Å²) < 4.78 is 23.0. The van der Waals surface area contributed by atoms with Gasteiger partial charge in [-0.2, -0.15) is 0 Å². The fraction of sp³-hybridized carbons (Fsp3) is 0.200. The zero-order valence-corrected chi connectivity index (χ0v) is 24.5. The van der Waals surface area contributed by atoms with E-state index in [2.05, 4.69) is 37.3 Å². The van der Waals surface area contributed by atoms with E-state index in [1.807, 2.05) is 62.4 Å². The number of hydrogen-bond acceptors (Lipinski definition) is 6. The van der Waals surface area contributed by atoms with Crippen molar-refractivity contribution in [2.45, 2.75) is 20.8 Å². The van der Waals surface area contributed by atoms with Crippen molar-refractivity contribution >= 4 is 22.7 Å². The van der Waals surface area contributed by atoms with Gasteiger partial charge in [0.25, 0.3) is 0 Å². The van der Waals surface area contributed by atoms with Gasteiger partial charge in [0.1, 0.15) is 28.7 Å². The maximum absolute atomic E-state index is 5.95. The van der Waals surface area contributed by atoms with Gasteiger partial charge in [0, 0.05) is 22.3 Å². The first-order valence-corrected chi connectivity index (χ1v) is 13.4. The summed E-state index contributed by atoms with van der Waals surface area (Å²) in [5.41, 5.74) is 9.72. The molecule has 1 heterocycles. The van der Waals surface area contributed by atoms with Gasteiger partial charge in [-0.1, -0.05) is 42.0 Å². The molecule has 0 saturated carbocycles. The van der Waals surface area contributed by atoms with E-state index in [0.717, 1.165) is 61.7 Å². The number of ether oxygens (including phenoxy) is 4. The summed E-state index contributed by atoms with van der Waals surface area (Å²) in [5.74, 6) is 2.94. The number of methoxy groups -OCH3 is 4. The molecule has 5 aromatic rings. The van der Waals surface area contributed by atoms with Gasteiger partial charge in [-0.25, -0.2) is 9.97 Å². The predicted molar refractivity (Wildman–Crippen MR) is 165 cm³/mol. The predicted octanol–water partition coefficient (Wildman–Crippen LogP) is 7.85. The van der Waals surface area contributed by atoms with Crippen molar-refractivity contribution in [3.05, 3.63) is 106 Å². The molecule has 41 heavy (non-hydrogen) atoms. The number of fused-ring (bicyclic) bond motifs is 1. The summed E-state index contributed by atoms with van der Waals surface area (Å²) in [6.07, 6.45) is 2.09. The van der Waals surface area contributed by atoms with E-state index in [4.69, 9.17) is 28.9 Å². The number of aryl methyl sites for hydroxylation is 1. The van der Waals surface area contributed by atoms with Crippen LogP contribution in [0.2, 0.25) is 0 Å². The highest BCUT2D eigenvalue weighted by molar-refractivity contribution is 5.97. The van der Waals surface area contributed by atoms with Crippen molar-refractivity contribution in [1.29, 1.82) is 0 Å². The van der Waals surface area contributed by atoms with Gasteiger partial charge >= 0.3 is 0 Å². The normalized spacial score (nSPS) is 11.4. The minimum Gasteiger partial charge on any atom is -0.496 e. The Labute approximate surface area is 241 Å². The molecule has 0 spiro atoms. The third-order valence-corrected chi connectivity index (χ3v) is 7.35. The molecule has 6 nitrogen and oxygen atoms in total. The highest BCUT2D eigenvalue weighted by atomic mass is 16.5. The number of para-hydroxylation sites is 2. The Morgan fingerprint density at radius 2 is 1.20 bits per heavy atom. The maximum Gasteiger partial charge on any atom is 0.134 e. The molecular weight excluding hydrogens is 512 g/mol. The van der Waals surface area contributed by atoms with Crippen molar-refractivity contribution in [2.75, 3.05) is 28.4 Å². The lowest BCUT2D eigenvalue weighted by molar-refractivity contribution is 0.388. The second-order valence-electron chi connectivity index (χ2n) is 9.82. The molecule has 0 fully saturated rings. The standard InChI is InChI=1S/C35H34N2O4/c1-21-12-14-24(15-13-21)27(25-16-18-31(38-4)22(2)34(25)40-6)20-30-33(37-29-11-9-8-10-28(29)36-30)26-17-19-32(39-5)23(3)35(26)41-7/h8-20H,1-7H3/b27-20-.